The molecule has 1 N–H and O–H groups in total. The average Bonchev–Trinajstić information content (AvgIpc) is 3.27. The molecule has 0 saturated carbocycles. The number of ether oxygens (including phenoxy) is 1. The summed E-state index contributed by atoms with van der Waals surface area (Å²) in [5.74, 6) is 0.389. The van der Waals surface area contributed by atoms with Crippen molar-refractivity contribution in [1.29, 1.82) is 0 Å². The van der Waals surface area contributed by atoms with Gasteiger partial charge in [-0.1, -0.05) is 30.3 Å². The van der Waals surface area contributed by atoms with Crippen molar-refractivity contribution in [2.75, 3.05) is 6.61 Å². The van der Waals surface area contributed by atoms with Crippen molar-refractivity contribution in [3.05, 3.63) is 54.4 Å². The maximum atomic E-state index is 13.8. The minimum absolute atomic E-state index is 0.268. The van der Waals surface area contributed by atoms with Gasteiger partial charge in [-0.05, 0) is 17.7 Å². The second kappa shape index (κ2) is 6.19. The quantitative estimate of drug-likeness (QED) is 0.566. The van der Waals surface area contributed by atoms with Crippen LogP contribution in [-0.4, -0.2) is 26.4 Å². The Bertz CT molecular complexity index is 1120. The maximum Gasteiger partial charge on any atom is 0.282 e. The first-order valence-electron chi connectivity index (χ1n) is 8.78. The molecule has 27 heavy (non-hydrogen) atoms. The number of hydrogen-bond donors (Lipinski definition) is 1. The summed E-state index contributed by atoms with van der Waals surface area (Å²) in [5, 5.41) is 5.00. The first kappa shape index (κ1) is 16.0. The second-order valence-electron chi connectivity index (χ2n) is 6.43. The third kappa shape index (κ3) is 2.50. The van der Waals surface area contributed by atoms with Crippen molar-refractivity contribution in [3.63, 3.8) is 0 Å². The lowest BCUT2D eigenvalue weighted by Gasteiger charge is -2.16. The Kier molecular flexibility index (Phi) is 3.67. The van der Waals surface area contributed by atoms with Gasteiger partial charge in [-0.15, -0.1) is 0 Å². The van der Waals surface area contributed by atoms with Crippen LogP contribution in [0, 0.1) is 0 Å². The summed E-state index contributed by atoms with van der Waals surface area (Å²) < 4.78 is 34.9. The Labute approximate surface area is 153 Å². The van der Waals surface area contributed by atoms with Crippen LogP contribution in [0.5, 0.6) is 5.88 Å². The van der Waals surface area contributed by atoms with E-state index in [2.05, 4.69) is 15.1 Å². The number of aromatic amines is 1. The molecule has 5 nitrogen and oxygen atoms in total. The van der Waals surface area contributed by atoms with E-state index in [4.69, 9.17) is 4.74 Å². The van der Waals surface area contributed by atoms with E-state index in [0.29, 0.717) is 35.9 Å². The lowest BCUT2D eigenvalue weighted by Crippen LogP contribution is -2.15. The lowest BCUT2D eigenvalue weighted by molar-refractivity contribution is 0.145. The predicted molar refractivity (Wildman–Crippen MR) is 97.8 cm³/mol. The third-order valence-electron chi connectivity index (χ3n) is 4.78. The van der Waals surface area contributed by atoms with Gasteiger partial charge in [-0.3, -0.25) is 0 Å². The number of rotatable bonds is 3. The normalized spacial score (nSPS) is 13.7. The topological polar surface area (TPSA) is 55.7 Å². The molecule has 136 valence electrons. The highest BCUT2D eigenvalue weighted by atomic mass is 19.3. The minimum Gasteiger partial charge on any atom is -0.477 e. The van der Waals surface area contributed by atoms with Gasteiger partial charge >= 0.3 is 0 Å². The SMILES string of the molecule is FC(F)c1nn2c(c1-c1[nH]c3ncccc3c1-c1ccccc1)OCCC2. The Balaban J connectivity index is 1.86. The molecular weight excluding hydrogens is 350 g/mol. The molecule has 0 amide bonds. The highest BCUT2D eigenvalue weighted by Gasteiger charge is 2.31. The van der Waals surface area contributed by atoms with Gasteiger partial charge in [0, 0.05) is 30.1 Å². The van der Waals surface area contributed by atoms with Gasteiger partial charge in [0.25, 0.3) is 6.43 Å². The fourth-order valence-electron chi connectivity index (χ4n) is 3.65. The summed E-state index contributed by atoms with van der Waals surface area (Å²) in [6, 6.07) is 13.5. The molecule has 0 saturated heterocycles. The monoisotopic (exact) mass is 366 g/mol. The number of aryl methyl sites for hydroxylation is 1. The molecule has 3 aromatic heterocycles. The van der Waals surface area contributed by atoms with Crippen molar-refractivity contribution in [1.82, 2.24) is 19.7 Å². The molecule has 0 atom stereocenters. The minimum atomic E-state index is -2.70. The molecule has 4 aromatic rings. The van der Waals surface area contributed by atoms with Crippen LogP contribution in [0.25, 0.3) is 33.4 Å². The molecule has 0 aliphatic carbocycles. The molecule has 0 radical (unpaired) electrons. The molecule has 1 aliphatic rings. The number of aromatic nitrogens is 4. The second-order valence-corrected chi connectivity index (χ2v) is 6.43. The van der Waals surface area contributed by atoms with E-state index in [1.807, 2.05) is 42.5 Å². The van der Waals surface area contributed by atoms with Gasteiger partial charge in [0.2, 0.25) is 5.88 Å². The first-order valence-corrected chi connectivity index (χ1v) is 8.78. The molecule has 0 fully saturated rings. The van der Waals surface area contributed by atoms with E-state index in [1.54, 1.807) is 6.20 Å². The van der Waals surface area contributed by atoms with Crippen LogP contribution in [0.4, 0.5) is 8.78 Å². The molecule has 1 aliphatic heterocycles. The van der Waals surface area contributed by atoms with Crippen molar-refractivity contribution in [3.8, 4) is 28.3 Å². The predicted octanol–water partition coefficient (Wildman–Crippen LogP) is 4.81. The van der Waals surface area contributed by atoms with Gasteiger partial charge in [0.1, 0.15) is 11.3 Å². The number of pyridine rings is 1. The summed E-state index contributed by atoms with van der Waals surface area (Å²) >= 11 is 0. The number of alkyl halides is 2. The Hall–Kier alpha value is -3.22. The highest BCUT2D eigenvalue weighted by molar-refractivity contribution is 6.03. The van der Waals surface area contributed by atoms with Crippen LogP contribution in [0.3, 0.4) is 0 Å². The van der Waals surface area contributed by atoms with Crippen molar-refractivity contribution < 1.29 is 13.5 Å². The van der Waals surface area contributed by atoms with Gasteiger partial charge in [-0.25, -0.2) is 18.4 Å². The van der Waals surface area contributed by atoms with E-state index in [-0.39, 0.29) is 5.69 Å². The molecule has 7 heteroatoms. The van der Waals surface area contributed by atoms with Gasteiger partial charge in [0.15, 0.2) is 0 Å². The highest BCUT2D eigenvalue weighted by Crippen LogP contribution is 2.45. The largest absolute Gasteiger partial charge is 0.477 e. The number of H-pyrrole nitrogens is 1. The molecule has 0 bridgehead atoms. The Morgan fingerprint density at radius 2 is 1.93 bits per heavy atom. The van der Waals surface area contributed by atoms with E-state index in [0.717, 1.165) is 22.9 Å². The summed E-state index contributed by atoms with van der Waals surface area (Å²) in [6.07, 6.45) is -0.281. The van der Waals surface area contributed by atoms with E-state index in [9.17, 15) is 8.78 Å². The Morgan fingerprint density at radius 1 is 1.07 bits per heavy atom. The molecule has 4 heterocycles. The van der Waals surface area contributed by atoms with Crippen molar-refractivity contribution in [2.45, 2.75) is 19.4 Å². The molecule has 1 aromatic carbocycles. The number of nitrogens with one attached hydrogen (secondary N) is 1. The fraction of sp³-hybridized carbons (Fsp3) is 0.200. The zero-order valence-corrected chi connectivity index (χ0v) is 14.3. The van der Waals surface area contributed by atoms with Gasteiger partial charge < -0.3 is 9.72 Å². The number of fused-ring (bicyclic) bond motifs is 2. The van der Waals surface area contributed by atoms with E-state index in [1.165, 1.54) is 4.68 Å². The van der Waals surface area contributed by atoms with Gasteiger partial charge in [-0.2, -0.15) is 5.10 Å². The number of nitrogens with zero attached hydrogens (tertiary/aromatic N) is 3. The van der Waals surface area contributed by atoms with Crippen LogP contribution < -0.4 is 4.74 Å². The Morgan fingerprint density at radius 3 is 2.74 bits per heavy atom. The number of benzene rings is 1. The first-order chi connectivity index (χ1) is 13.2. The van der Waals surface area contributed by atoms with E-state index < -0.39 is 6.43 Å². The van der Waals surface area contributed by atoms with Crippen LogP contribution in [0.15, 0.2) is 48.7 Å². The molecular formula is C20H16F2N4O. The fourth-order valence-corrected chi connectivity index (χ4v) is 3.65. The summed E-state index contributed by atoms with van der Waals surface area (Å²) in [5.41, 5.74) is 3.00. The third-order valence-corrected chi connectivity index (χ3v) is 4.78. The smallest absolute Gasteiger partial charge is 0.282 e. The van der Waals surface area contributed by atoms with Crippen LogP contribution in [0.2, 0.25) is 0 Å². The van der Waals surface area contributed by atoms with Crippen molar-refractivity contribution >= 4 is 11.0 Å². The molecule has 5 rings (SSSR count). The van der Waals surface area contributed by atoms with Crippen LogP contribution in [0.1, 0.15) is 18.5 Å². The van der Waals surface area contributed by atoms with E-state index >= 15 is 0 Å². The standard InChI is InChI=1S/C20H16F2N4O/c21-18(22)17-15(20-26(25-17)10-5-11-27-20)16-14(12-6-2-1-3-7-12)13-8-4-9-23-19(13)24-16/h1-4,6-9,18H,5,10-11H2,(H,23,24). The summed E-state index contributed by atoms with van der Waals surface area (Å²) in [4.78, 5) is 7.61. The molecule has 0 unspecified atom stereocenters. The number of halogens is 2. The van der Waals surface area contributed by atoms with Crippen LogP contribution >= 0.6 is 0 Å². The zero-order valence-electron chi connectivity index (χ0n) is 14.3. The number of hydrogen-bond acceptors (Lipinski definition) is 3. The summed E-state index contributed by atoms with van der Waals surface area (Å²) in [6.45, 7) is 1.05. The van der Waals surface area contributed by atoms with Crippen LogP contribution in [-0.2, 0) is 6.54 Å². The molecule has 0 spiro atoms. The maximum absolute atomic E-state index is 13.8. The van der Waals surface area contributed by atoms with Crippen molar-refractivity contribution in [2.24, 2.45) is 0 Å². The average molecular weight is 366 g/mol. The zero-order chi connectivity index (χ0) is 18.4. The van der Waals surface area contributed by atoms with Gasteiger partial charge in [0.05, 0.1) is 17.9 Å². The lowest BCUT2D eigenvalue weighted by atomic mass is 9.99. The summed E-state index contributed by atoms with van der Waals surface area (Å²) in [7, 11) is 0.